The number of hydrogen-bond donors (Lipinski definition) is 1. The smallest absolute Gasteiger partial charge is 0.246 e. The SMILES string of the molecule is CN(C)CC=CC(=O)N1CCC[C@H]1Cn1nc(-c2ccc(Oc3ccccc3)cc2)c2c(N)ncnc21. The Morgan fingerprint density at radius 2 is 1.86 bits per heavy atom. The molecule has 0 radical (unpaired) electrons. The standard InChI is InChI=1S/C28H31N7O2/c1-33(2)16-7-11-24(36)34-17-6-8-21(34)18-35-28-25(27(29)30-19-31-28)26(32-35)20-12-14-23(15-13-20)37-22-9-4-3-5-10-22/h3-5,7,9-15,19,21H,6,8,16-18H2,1-2H3,(H2,29,30,31)/t21-/m0/s1. The minimum absolute atomic E-state index is 0.0316. The Labute approximate surface area is 216 Å². The minimum atomic E-state index is 0.0316. The molecular formula is C28H31N7O2. The number of nitrogens with two attached hydrogens (primary N) is 1. The monoisotopic (exact) mass is 497 g/mol. The lowest BCUT2D eigenvalue weighted by Crippen LogP contribution is -2.37. The summed E-state index contributed by atoms with van der Waals surface area (Å²) in [5, 5.41) is 5.62. The number of likely N-dealkylation sites (tertiary alicyclic amines) is 1. The normalized spacial score (nSPS) is 15.8. The summed E-state index contributed by atoms with van der Waals surface area (Å²) in [7, 11) is 3.95. The number of rotatable bonds is 8. The van der Waals surface area contributed by atoms with E-state index < -0.39 is 0 Å². The number of hydrogen-bond acceptors (Lipinski definition) is 7. The maximum Gasteiger partial charge on any atom is 0.246 e. The molecule has 1 fully saturated rings. The molecule has 2 aromatic carbocycles. The van der Waals surface area contributed by atoms with Gasteiger partial charge in [-0.25, -0.2) is 14.6 Å². The van der Waals surface area contributed by atoms with Gasteiger partial charge in [-0.05, 0) is 63.3 Å². The van der Waals surface area contributed by atoms with Crippen molar-refractivity contribution in [2.75, 3.05) is 32.9 Å². The van der Waals surface area contributed by atoms with Gasteiger partial charge < -0.3 is 20.3 Å². The fourth-order valence-corrected chi connectivity index (χ4v) is 4.64. The van der Waals surface area contributed by atoms with Crippen molar-refractivity contribution in [1.29, 1.82) is 0 Å². The van der Waals surface area contributed by atoms with Crippen molar-refractivity contribution in [2.45, 2.75) is 25.4 Å². The number of aromatic nitrogens is 4. The number of amides is 1. The van der Waals surface area contributed by atoms with Gasteiger partial charge in [0.2, 0.25) is 5.91 Å². The first-order valence-corrected chi connectivity index (χ1v) is 12.4. The molecule has 1 atom stereocenters. The lowest BCUT2D eigenvalue weighted by Gasteiger charge is -2.23. The van der Waals surface area contributed by atoms with E-state index in [-0.39, 0.29) is 11.9 Å². The van der Waals surface area contributed by atoms with Crippen LogP contribution in [0.5, 0.6) is 11.5 Å². The second-order valence-electron chi connectivity index (χ2n) is 9.42. The van der Waals surface area contributed by atoms with Crippen molar-refractivity contribution in [3.63, 3.8) is 0 Å². The predicted octanol–water partition coefficient (Wildman–Crippen LogP) is 3.98. The van der Waals surface area contributed by atoms with Crippen LogP contribution in [-0.4, -0.2) is 68.7 Å². The van der Waals surface area contributed by atoms with Crippen LogP contribution in [0.25, 0.3) is 22.3 Å². The van der Waals surface area contributed by atoms with Gasteiger partial charge in [0.15, 0.2) is 5.65 Å². The molecule has 9 nitrogen and oxygen atoms in total. The number of nitrogen functional groups attached to an aromatic ring is 1. The molecule has 0 aliphatic carbocycles. The molecule has 190 valence electrons. The summed E-state index contributed by atoms with van der Waals surface area (Å²) < 4.78 is 7.79. The first-order valence-electron chi connectivity index (χ1n) is 12.4. The van der Waals surface area contributed by atoms with E-state index in [4.69, 9.17) is 15.6 Å². The molecule has 1 amide bonds. The van der Waals surface area contributed by atoms with E-state index >= 15 is 0 Å². The molecule has 1 saturated heterocycles. The van der Waals surface area contributed by atoms with E-state index in [2.05, 4.69) is 9.97 Å². The van der Waals surface area contributed by atoms with Crippen LogP contribution in [0, 0.1) is 0 Å². The van der Waals surface area contributed by atoms with Crippen LogP contribution in [-0.2, 0) is 11.3 Å². The second kappa shape index (κ2) is 10.8. The molecule has 2 aromatic heterocycles. The predicted molar refractivity (Wildman–Crippen MR) is 144 cm³/mol. The van der Waals surface area contributed by atoms with E-state index in [1.54, 1.807) is 6.08 Å². The zero-order chi connectivity index (χ0) is 25.8. The van der Waals surface area contributed by atoms with Gasteiger partial charge in [-0.15, -0.1) is 0 Å². The third kappa shape index (κ3) is 5.46. The van der Waals surface area contributed by atoms with Crippen molar-refractivity contribution in [3.05, 3.63) is 73.1 Å². The highest BCUT2D eigenvalue weighted by molar-refractivity contribution is 5.98. The quantitative estimate of drug-likeness (QED) is 0.367. The van der Waals surface area contributed by atoms with E-state index in [1.165, 1.54) is 6.33 Å². The number of ether oxygens (including phenoxy) is 1. The van der Waals surface area contributed by atoms with Crippen LogP contribution in [0.15, 0.2) is 73.1 Å². The summed E-state index contributed by atoms with van der Waals surface area (Å²) in [6.45, 7) is 2.00. The van der Waals surface area contributed by atoms with Crippen molar-refractivity contribution in [1.82, 2.24) is 29.5 Å². The molecule has 0 spiro atoms. The van der Waals surface area contributed by atoms with Crippen LogP contribution in [0.3, 0.4) is 0 Å². The molecule has 5 rings (SSSR count). The molecule has 1 aliphatic rings. The van der Waals surface area contributed by atoms with Gasteiger partial charge in [-0.3, -0.25) is 4.79 Å². The zero-order valence-electron chi connectivity index (χ0n) is 21.1. The van der Waals surface area contributed by atoms with Crippen molar-refractivity contribution < 1.29 is 9.53 Å². The number of fused-ring (bicyclic) bond motifs is 1. The van der Waals surface area contributed by atoms with Crippen LogP contribution in [0.1, 0.15) is 12.8 Å². The molecule has 0 unspecified atom stereocenters. The summed E-state index contributed by atoms with van der Waals surface area (Å²) in [5.74, 6) is 1.91. The van der Waals surface area contributed by atoms with Gasteiger partial charge in [-0.1, -0.05) is 24.3 Å². The summed E-state index contributed by atoms with van der Waals surface area (Å²) in [4.78, 5) is 25.5. The summed E-state index contributed by atoms with van der Waals surface area (Å²) in [5.41, 5.74) is 8.55. The molecule has 2 N–H and O–H groups in total. The van der Waals surface area contributed by atoms with E-state index in [0.717, 1.165) is 43.0 Å². The van der Waals surface area contributed by atoms with Crippen LogP contribution in [0.2, 0.25) is 0 Å². The molecule has 0 saturated carbocycles. The molecule has 37 heavy (non-hydrogen) atoms. The van der Waals surface area contributed by atoms with Gasteiger partial charge in [-0.2, -0.15) is 5.10 Å². The topological polar surface area (TPSA) is 102 Å². The molecule has 9 heteroatoms. The fourth-order valence-electron chi connectivity index (χ4n) is 4.64. The van der Waals surface area contributed by atoms with Crippen LogP contribution in [0.4, 0.5) is 5.82 Å². The number of anilines is 1. The molecule has 3 heterocycles. The Kier molecular flexibility index (Phi) is 7.14. The minimum Gasteiger partial charge on any atom is -0.457 e. The Hall–Kier alpha value is -4.24. The van der Waals surface area contributed by atoms with Gasteiger partial charge in [0.25, 0.3) is 0 Å². The molecular weight excluding hydrogens is 466 g/mol. The summed E-state index contributed by atoms with van der Waals surface area (Å²) >= 11 is 0. The summed E-state index contributed by atoms with van der Waals surface area (Å²) in [6, 6.07) is 17.4. The molecule has 1 aliphatic heterocycles. The zero-order valence-corrected chi connectivity index (χ0v) is 21.1. The first-order chi connectivity index (χ1) is 18.0. The number of carbonyl (C=O) groups excluding carboxylic acids is 1. The Bertz CT molecular complexity index is 1400. The maximum absolute atomic E-state index is 12.9. The third-order valence-corrected chi connectivity index (χ3v) is 6.44. The second-order valence-corrected chi connectivity index (χ2v) is 9.42. The Balaban J connectivity index is 1.40. The average Bonchev–Trinajstić information content (AvgIpc) is 3.51. The highest BCUT2D eigenvalue weighted by Gasteiger charge is 2.29. The van der Waals surface area contributed by atoms with Gasteiger partial charge in [0.1, 0.15) is 29.3 Å². The molecule has 4 aromatic rings. The lowest BCUT2D eigenvalue weighted by atomic mass is 10.1. The van der Waals surface area contributed by atoms with Gasteiger partial charge in [0, 0.05) is 24.7 Å². The van der Waals surface area contributed by atoms with E-state index in [9.17, 15) is 4.79 Å². The number of likely N-dealkylation sites (N-methyl/N-ethyl adjacent to an activating group) is 1. The van der Waals surface area contributed by atoms with E-state index in [0.29, 0.717) is 29.1 Å². The maximum atomic E-state index is 12.9. The van der Waals surface area contributed by atoms with Crippen molar-refractivity contribution in [2.24, 2.45) is 0 Å². The fraction of sp³-hybridized carbons (Fsp3) is 0.286. The van der Waals surface area contributed by atoms with Crippen LogP contribution >= 0.6 is 0 Å². The largest absolute Gasteiger partial charge is 0.457 e. The first kappa shape index (κ1) is 24.5. The number of nitrogens with zero attached hydrogens (tertiary/aromatic N) is 6. The number of benzene rings is 2. The molecule has 0 bridgehead atoms. The van der Waals surface area contributed by atoms with Crippen LogP contribution < -0.4 is 10.5 Å². The van der Waals surface area contributed by atoms with Crippen molar-refractivity contribution >= 4 is 22.8 Å². The highest BCUT2D eigenvalue weighted by Crippen LogP contribution is 2.33. The van der Waals surface area contributed by atoms with E-state index in [1.807, 2.05) is 89.3 Å². The van der Waals surface area contributed by atoms with Gasteiger partial charge >= 0.3 is 0 Å². The lowest BCUT2D eigenvalue weighted by molar-refractivity contribution is -0.127. The average molecular weight is 498 g/mol. The third-order valence-electron chi connectivity index (χ3n) is 6.44. The Morgan fingerprint density at radius 3 is 2.62 bits per heavy atom. The Morgan fingerprint density at radius 1 is 1.11 bits per heavy atom. The van der Waals surface area contributed by atoms with Crippen molar-refractivity contribution in [3.8, 4) is 22.8 Å². The number of carbonyl (C=O) groups is 1. The highest BCUT2D eigenvalue weighted by atomic mass is 16.5. The summed E-state index contributed by atoms with van der Waals surface area (Å²) in [6.07, 6.45) is 6.90. The van der Waals surface area contributed by atoms with Gasteiger partial charge in [0.05, 0.1) is 18.0 Å². The number of para-hydroxylation sites is 1.